The van der Waals surface area contributed by atoms with E-state index in [4.69, 9.17) is 19.3 Å². The molecule has 2 aliphatic heterocycles. The quantitative estimate of drug-likeness (QED) is 0.301. The van der Waals surface area contributed by atoms with Crippen LogP contribution in [0.25, 0.3) is 0 Å². The molecule has 0 unspecified atom stereocenters. The number of carboxylic acids is 1. The number of benzene rings is 1. The van der Waals surface area contributed by atoms with Gasteiger partial charge in [-0.3, -0.25) is 14.4 Å². The predicted molar refractivity (Wildman–Crippen MR) is 137 cm³/mol. The number of hydrogen-bond donors (Lipinski definition) is 4. The van der Waals surface area contributed by atoms with Crippen LogP contribution in [0.15, 0.2) is 24.0 Å². The van der Waals surface area contributed by atoms with Crippen molar-refractivity contribution in [3.63, 3.8) is 0 Å². The number of carboxylic acid groups (broad SMARTS) is 1. The van der Waals surface area contributed by atoms with Crippen LogP contribution in [-0.4, -0.2) is 88.0 Å². The molecule has 12 nitrogen and oxygen atoms in total. The molecule has 0 saturated carbocycles. The van der Waals surface area contributed by atoms with Crippen molar-refractivity contribution in [2.45, 2.75) is 81.1 Å². The van der Waals surface area contributed by atoms with Crippen molar-refractivity contribution < 1.29 is 48.7 Å². The summed E-state index contributed by atoms with van der Waals surface area (Å²) in [5.74, 6) is -2.43. The van der Waals surface area contributed by atoms with Crippen LogP contribution in [0.2, 0.25) is 0 Å². The first-order valence-corrected chi connectivity index (χ1v) is 13.5. The van der Waals surface area contributed by atoms with Gasteiger partial charge in [-0.15, -0.1) is 0 Å². The fraction of sp³-hybridized carbons (Fsp3) is 0.571. The van der Waals surface area contributed by atoms with Gasteiger partial charge in [-0.05, 0) is 57.5 Å². The van der Waals surface area contributed by atoms with Crippen molar-refractivity contribution in [3.05, 3.63) is 35.1 Å². The molecule has 2 bridgehead atoms. The maximum absolute atomic E-state index is 13.0. The van der Waals surface area contributed by atoms with Crippen molar-refractivity contribution in [2.75, 3.05) is 20.1 Å². The first-order valence-electron chi connectivity index (χ1n) is 13.5. The first kappa shape index (κ1) is 27.9. The molecule has 40 heavy (non-hydrogen) atoms. The maximum Gasteiger partial charge on any atom is 0.352 e. The molecule has 1 aromatic carbocycles. The molecule has 2 aliphatic carbocycles. The lowest BCUT2D eigenvalue weighted by molar-refractivity contribution is -0.175. The standard InChI is InChI=1S/C28H34N2O10/c1-15(38-22(35)9-12-29-20(32)4-3-5-21(33)34)26(36)39-18-8-10-28(37)19-14-16-6-7-17(31)24-23(16)27(28,25(18)40-24)11-13-30(19)2/h6-8,15,19,25,31,37H,3-5,9-14H2,1-2H3,(H,29,32)(H,33,34)/t15-,19+,25-,27-,28+/m0/s1. The zero-order valence-electron chi connectivity index (χ0n) is 22.5. The van der Waals surface area contributed by atoms with E-state index >= 15 is 0 Å². The third-order valence-electron chi connectivity index (χ3n) is 8.66. The van der Waals surface area contributed by atoms with Crippen molar-refractivity contribution in [3.8, 4) is 11.5 Å². The van der Waals surface area contributed by atoms with E-state index in [-0.39, 0.29) is 62.1 Å². The van der Waals surface area contributed by atoms with E-state index in [0.29, 0.717) is 25.1 Å². The number of phenolic OH excluding ortho intramolecular Hbond substituents is 1. The third kappa shape index (κ3) is 4.48. The summed E-state index contributed by atoms with van der Waals surface area (Å²) in [7, 11) is 1.98. The van der Waals surface area contributed by atoms with E-state index in [2.05, 4.69) is 10.2 Å². The maximum atomic E-state index is 13.0. The van der Waals surface area contributed by atoms with Gasteiger partial charge < -0.3 is 39.7 Å². The smallest absolute Gasteiger partial charge is 0.352 e. The van der Waals surface area contributed by atoms with Crippen LogP contribution in [0.3, 0.4) is 0 Å². The number of likely N-dealkylation sites (tertiary alicyclic amines) is 1. The molecule has 1 spiro atoms. The van der Waals surface area contributed by atoms with E-state index < -0.39 is 41.1 Å². The van der Waals surface area contributed by atoms with E-state index in [1.54, 1.807) is 12.1 Å². The van der Waals surface area contributed by atoms with Crippen LogP contribution in [0, 0.1) is 0 Å². The Labute approximate surface area is 230 Å². The Hall–Kier alpha value is -3.64. The van der Waals surface area contributed by atoms with Crippen molar-refractivity contribution in [1.29, 1.82) is 0 Å². The average molecular weight is 559 g/mol. The van der Waals surface area contributed by atoms with Crippen molar-refractivity contribution in [2.24, 2.45) is 0 Å². The summed E-state index contributed by atoms with van der Waals surface area (Å²) in [6, 6.07) is 3.26. The van der Waals surface area contributed by atoms with Crippen LogP contribution >= 0.6 is 0 Å². The SMILES string of the molecule is C[C@H](OC(=O)CCNC(=O)CCCC(=O)O)C(=O)OC1=CC[C@@]2(O)[C@H]3Cc4ccc(O)c5c4[C@@]2(CCN3C)[C@H]1O5. The number of carbonyl (C=O) groups is 4. The Kier molecular flexibility index (Phi) is 7.26. The molecule has 5 rings (SSSR count). The van der Waals surface area contributed by atoms with Gasteiger partial charge in [0.05, 0.1) is 17.4 Å². The molecule has 12 heteroatoms. The number of aromatic hydroxyl groups is 1. The molecule has 1 amide bonds. The highest BCUT2D eigenvalue weighted by atomic mass is 16.6. The Morgan fingerprint density at radius 3 is 2.75 bits per heavy atom. The van der Waals surface area contributed by atoms with Crippen LogP contribution < -0.4 is 10.1 Å². The lowest BCUT2D eigenvalue weighted by Gasteiger charge is -2.61. The minimum Gasteiger partial charge on any atom is -0.504 e. The van der Waals surface area contributed by atoms with Gasteiger partial charge in [-0.1, -0.05) is 6.07 Å². The summed E-state index contributed by atoms with van der Waals surface area (Å²) >= 11 is 0. The second-order valence-corrected chi connectivity index (χ2v) is 11.0. The van der Waals surface area contributed by atoms with Crippen LogP contribution in [0.4, 0.5) is 0 Å². The Bertz CT molecular complexity index is 1280. The van der Waals surface area contributed by atoms with Gasteiger partial charge in [0.2, 0.25) is 5.91 Å². The number of piperidine rings is 1. The molecule has 0 aromatic heterocycles. The van der Waals surface area contributed by atoms with Gasteiger partial charge in [0.25, 0.3) is 0 Å². The van der Waals surface area contributed by atoms with Gasteiger partial charge in [0, 0.05) is 37.4 Å². The average Bonchev–Trinajstić information content (AvgIpc) is 3.25. The first-order chi connectivity index (χ1) is 19.0. The minimum atomic E-state index is -1.25. The largest absolute Gasteiger partial charge is 0.504 e. The molecular weight excluding hydrogens is 524 g/mol. The topological polar surface area (TPSA) is 172 Å². The molecule has 216 valence electrons. The lowest BCUT2D eigenvalue weighted by Crippen LogP contribution is -2.74. The van der Waals surface area contributed by atoms with E-state index in [1.165, 1.54) is 6.92 Å². The fourth-order valence-corrected chi connectivity index (χ4v) is 6.73. The van der Waals surface area contributed by atoms with Gasteiger partial charge in [-0.2, -0.15) is 0 Å². The second kappa shape index (κ2) is 10.4. The monoisotopic (exact) mass is 558 g/mol. The lowest BCUT2D eigenvalue weighted by atomic mass is 9.50. The Balaban J connectivity index is 1.23. The molecule has 2 heterocycles. The van der Waals surface area contributed by atoms with Crippen LogP contribution in [0.1, 0.15) is 56.6 Å². The molecule has 1 fully saturated rings. The summed E-state index contributed by atoms with van der Waals surface area (Å²) in [5.41, 5.74) is -0.336. The molecule has 4 aliphatic rings. The molecule has 4 N–H and O–H groups in total. The number of aliphatic carboxylic acids is 1. The van der Waals surface area contributed by atoms with Crippen molar-refractivity contribution in [1.82, 2.24) is 10.2 Å². The summed E-state index contributed by atoms with van der Waals surface area (Å²) in [5, 5.41) is 33.9. The van der Waals surface area contributed by atoms with Crippen LogP contribution in [-0.2, 0) is 40.5 Å². The van der Waals surface area contributed by atoms with E-state index in [0.717, 1.165) is 11.1 Å². The second-order valence-electron chi connectivity index (χ2n) is 11.0. The highest BCUT2D eigenvalue weighted by Gasteiger charge is 2.72. The van der Waals surface area contributed by atoms with Crippen molar-refractivity contribution >= 4 is 23.8 Å². The molecule has 1 aromatic rings. The van der Waals surface area contributed by atoms with Crippen LogP contribution in [0.5, 0.6) is 11.5 Å². The number of ether oxygens (including phenoxy) is 3. The summed E-state index contributed by atoms with van der Waals surface area (Å²) in [6.45, 7) is 2.05. The van der Waals surface area contributed by atoms with Gasteiger partial charge in [-0.25, -0.2) is 4.79 Å². The Morgan fingerprint density at radius 2 is 2.00 bits per heavy atom. The summed E-state index contributed by atoms with van der Waals surface area (Å²) in [4.78, 5) is 49.6. The highest BCUT2D eigenvalue weighted by molar-refractivity contribution is 5.81. The van der Waals surface area contributed by atoms with E-state index in [9.17, 15) is 29.4 Å². The number of likely N-dealkylation sites (N-methyl/N-ethyl adjacent to an activating group) is 1. The number of phenols is 1. The predicted octanol–water partition coefficient (Wildman–Crippen LogP) is 0.906. The number of carbonyl (C=O) groups excluding carboxylic acids is 3. The molecule has 5 atom stereocenters. The summed E-state index contributed by atoms with van der Waals surface area (Å²) < 4.78 is 17.2. The highest BCUT2D eigenvalue weighted by Crippen LogP contribution is 2.65. The van der Waals surface area contributed by atoms with Gasteiger partial charge >= 0.3 is 17.9 Å². The number of amides is 1. The Morgan fingerprint density at radius 1 is 1.23 bits per heavy atom. The normalized spacial score (nSPS) is 28.4. The fourth-order valence-electron chi connectivity index (χ4n) is 6.73. The molecule has 1 saturated heterocycles. The number of esters is 2. The number of rotatable bonds is 10. The zero-order valence-corrected chi connectivity index (χ0v) is 22.5. The number of nitrogens with one attached hydrogen (secondary N) is 1. The van der Waals surface area contributed by atoms with Gasteiger partial charge in [0.15, 0.2) is 23.7 Å². The number of nitrogens with zero attached hydrogens (tertiary/aromatic N) is 1. The summed E-state index contributed by atoms with van der Waals surface area (Å²) in [6.07, 6.45) is 0.835. The number of aliphatic hydroxyl groups is 1. The zero-order chi connectivity index (χ0) is 28.8. The molecule has 0 radical (unpaired) electrons. The van der Waals surface area contributed by atoms with E-state index in [1.807, 2.05) is 13.1 Å². The molecular formula is C28H34N2O10. The minimum absolute atomic E-state index is 0.0195. The third-order valence-corrected chi connectivity index (χ3v) is 8.66. The number of hydrogen-bond acceptors (Lipinski definition) is 10. The van der Waals surface area contributed by atoms with Gasteiger partial charge in [0.1, 0.15) is 5.76 Å².